The molecule has 110 valence electrons. The third-order valence-corrected chi connectivity index (χ3v) is 4.80. The first kappa shape index (κ1) is 14.6. The van der Waals surface area contributed by atoms with Crippen LogP contribution in [-0.4, -0.2) is 36.1 Å². The number of ether oxygens (including phenoxy) is 1. The fourth-order valence-corrected chi connectivity index (χ4v) is 4.02. The van der Waals surface area contributed by atoms with Crippen LogP contribution in [0.25, 0.3) is 0 Å². The molecule has 6 nitrogen and oxygen atoms in total. The molecule has 1 saturated carbocycles. The molecular formula is C12H21NO5S. The highest BCUT2D eigenvalue weighted by atomic mass is 32.2. The van der Waals surface area contributed by atoms with E-state index in [1.54, 1.807) is 34.6 Å². The van der Waals surface area contributed by atoms with Gasteiger partial charge in [-0.2, -0.15) is 12.7 Å². The lowest BCUT2D eigenvalue weighted by atomic mass is 9.94. The van der Waals surface area contributed by atoms with E-state index >= 15 is 0 Å². The zero-order valence-electron chi connectivity index (χ0n) is 12.0. The molecule has 2 rings (SSSR count). The number of carbonyl (C=O) groups excluding carboxylic acids is 1. The van der Waals surface area contributed by atoms with Crippen LogP contribution in [0.4, 0.5) is 4.79 Å². The van der Waals surface area contributed by atoms with Crippen LogP contribution in [-0.2, 0) is 19.2 Å². The highest BCUT2D eigenvalue weighted by molar-refractivity contribution is 7.85. The summed E-state index contributed by atoms with van der Waals surface area (Å²) in [6.07, 6.45) is 0.517. The Labute approximate surface area is 114 Å². The van der Waals surface area contributed by atoms with E-state index < -0.39 is 33.6 Å². The van der Waals surface area contributed by atoms with Gasteiger partial charge in [0.25, 0.3) is 0 Å². The Bertz CT molecular complexity index is 487. The minimum Gasteiger partial charge on any atom is -0.443 e. The third kappa shape index (κ3) is 2.72. The first-order valence-corrected chi connectivity index (χ1v) is 7.78. The highest BCUT2D eigenvalue weighted by Gasteiger charge is 2.60. The molecule has 1 heterocycles. The van der Waals surface area contributed by atoms with Crippen LogP contribution in [0, 0.1) is 5.92 Å². The predicted molar refractivity (Wildman–Crippen MR) is 68.7 cm³/mol. The molecule has 2 aliphatic rings. The number of hydrogen-bond donors (Lipinski definition) is 0. The van der Waals surface area contributed by atoms with Gasteiger partial charge in [-0.3, -0.25) is 0 Å². The van der Waals surface area contributed by atoms with Gasteiger partial charge in [0.15, 0.2) is 0 Å². The summed E-state index contributed by atoms with van der Waals surface area (Å²) in [5, 5.41) is 0. The summed E-state index contributed by atoms with van der Waals surface area (Å²) in [5.74, 6) is 0.206. The average molecular weight is 291 g/mol. The Morgan fingerprint density at radius 3 is 2.26 bits per heavy atom. The Morgan fingerprint density at radius 2 is 1.84 bits per heavy atom. The monoisotopic (exact) mass is 291 g/mol. The van der Waals surface area contributed by atoms with Gasteiger partial charge in [0, 0.05) is 0 Å². The summed E-state index contributed by atoms with van der Waals surface area (Å²) in [5.41, 5.74) is -1.66. The lowest BCUT2D eigenvalue weighted by Gasteiger charge is -2.32. The average Bonchev–Trinajstić information content (AvgIpc) is 2.89. The van der Waals surface area contributed by atoms with Crippen molar-refractivity contribution >= 4 is 16.4 Å². The van der Waals surface area contributed by atoms with Crippen molar-refractivity contribution in [2.45, 2.75) is 64.7 Å². The van der Waals surface area contributed by atoms with Crippen LogP contribution in [0.5, 0.6) is 0 Å². The summed E-state index contributed by atoms with van der Waals surface area (Å²) < 4.78 is 35.1. The van der Waals surface area contributed by atoms with Gasteiger partial charge in [-0.15, -0.1) is 0 Å². The van der Waals surface area contributed by atoms with Crippen LogP contribution in [0.15, 0.2) is 0 Å². The molecule has 0 N–H and O–H groups in total. The lowest BCUT2D eigenvalue weighted by molar-refractivity contribution is 0.0215. The molecule has 1 aliphatic carbocycles. The Morgan fingerprint density at radius 1 is 1.32 bits per heavy atom. The Balaban J connectivity index is 2.29. The molecule has 0 bridgehead atoms. The fourth-order valence-electron chi connectivity index (χ4n) is 2.38. The fraction of sp³-hybridized carbons (Fsp3) is 0.917. The molecule has 0 spiro atoms. The highest BCUT2D eigenvalue weighted by Crippen LogP contribution is 2.47. The first-order chi connectivity index (χ1) is 8.45. The standard InChI is InChI=1S/C12H21NO5S/c1-11(2,3)17-10(14)13-12(4,5)9(8-6-7-8)18-19(13,15)16/h8-9H,6-7H2,1-5H3. The molecule has 2 fully saturated rings. The van der Waals surface area contributed by atoms with E-state index in [4.69, 9.17) is 8.92 Å². The molecule has 1 atom stereocenters. The molecule has 7 heteroatoms. The smallest absolute Gasteiger partial charge is 0.426 e. The molecule has 0 radical (unpaired) electrons. The number of hydrogen-bond acceptors (Lipinski definition) is 5. The van der Waals surface area contributed by atoms with Crippen LogP contribution < -0.4 is 0 Å². The van der Waals surface area contributed by atoms with Gasteiger partial charge in [-0.1, -0.05) is 0 Å². The Hall–Kier alpha value is -0.820. The minimum absolute atomic E-state index is 0.206. The quantitative estimate of drug-likeness (QED) is 0.739. The zero-order chi connectivity index (χ0) is 14.6. The van der Waals surface area contributed by atoms with Crippen molar-refractivity contribution in [3.63, 3.8) is 0 Å². The van der Waals surface area contributed by atoms with E-state index in [0.29, 0.717) is 0 Å². The van der Waals surface area contributed by atoms with Crippen molar-refractivity contribution in [2.75, 3.05) is 0 Å². The second kappa shape index (κ2) is 4.09. The molecule has 0 aromatic carbocycles. The van der Waals surface area contributed by atoms with E-state index in [2.05, 4.69) is 0 Å². The van der Waals surface area contributed by atoms with E-state index in [1.165, 1.54) is 0 Å². The normalized spacial score (nSPS) is 29.3. The lowest BCUT2D eigenvalue weighted by Crippen LogP contribution is -2.51. The molecule has 0 aromatic rings. The van der Waals surface area contributed by atoms with E-state index in [0.717, 1.165) is 17.1 Å². The minimum atomic E-state index is -4.06. The second-order valence-electron chi connectivity index (χ2n) is 6.71. The van der Waals surface area contributed by atoms with Gasteiger partial charge in [0.2, 0.25) is 0 Å². The van der Waals surface area contributed by atoms with E-state index in [-0.39, 0.29) is 5.92 Å². The van der Waals surface area contributed by atoms with E-state index in [9.17, 15) is 13.2 Å². The number of rotatable bonds is 1. The van der Waals surface area contributed by atoms with Gasteiger partial charge in [0.05, 0.1) is 5.54 Å². The summed E-state index contributed by atoms with van der Waals surface area (Å²) in [4.78, 5) is 12.1. The maximum absolute atomic E-state index is 12.1. The maximum Gasteiger partial charge on any atom is 0.426 e. The number of amides is 1. The summed E-state index contributed by atoms with van der Waals surface area (Å²) >= 11 is 0. The molecular weight excluding hydrogens is 270 g/mol. The van der Waals surface area contributed by atoms with Crippen LogP contribution in [0.2, 0.25) is 0 Å². The largest absolute Gasteiger partial charge is 0.443 e. The molecule has 1 saturated heterocycles. The van der Waals surface area contributed by atoms with Crippen molar-refractivity contribution in [2.24, 2.45) is 5.92 Å². The van der Waals surface area contributed by atoms with Gasteiger partial charge in [-0.25, -0.2) is 8.98 Å². The maximum atomic E-state index is 12.1. The summed E-state index contributed by atoms with van der Waals surface area (Å²) in [6.45, 7) is 8.48. The third-order valence-electron chi connectivity index (χ3n) is 3.28. The molecule has 1 unspecified atom stereocenters. The van der Waals surface area contributed by atoms with Crippen molar-refractivity contribution in [1.29, 1.82) is 0 Å². The van der Waals surface area contributed by atoms with Crippen LogP contribution >= 0.6 is 0 Å². The SMILES string of the molecule is CC(C)(C)OC(=O)N1C(C)(C)C(C2CC2)OS1(=O)=O. The molecule has 0 aromatic heterocycles. The van der Waals surface area contributed by atoms with Gasteiger partial charge in [-0.05, 0) is 53.4 Å². The molecule has 19 heavy (non-hydrogen) atoms. The second-order valence-corrected chi connectivity index (χ2v) is 8.12. The predicted octanol–water partition coefficient (Wildman–Crippen LogP) is 2.06. The molecule has 1 aliphatic heterocycles. The number of carbonyl (C=O) groups is 1. The van der Waals surface area contributed by atoms with Crippen molar-refractivity contribution in [1.82, 2.24) is 4.31 Å². The number of nitrogens with zero attached hydrogens (tertiary/aromatic N) is 1. The van der Waals surface area contributed by atoms with Crippen molar-refractivity contribution < 1.29 is 22.1 Å². The van der Waals surface area contributed by atoms with Gasteiger partial charge >= 0.3 is 16.4 Å². The van der Waals surface area contributed by atoms with Crippen LogP contribution in [0.1, 0.15) is 47.5 Å². The van der Waals surface area contributed by atoms with Crippen LogP contribution in [0.3, 0.4) is 0 Å². The van der Waals surface area contributed by atoms with Crippen molar-refractivity contribution in [3.05, 3.63) is 0 Å². The zero-order valence-corrected chi connectivity index (χ0v) is 12.8. The van der Waals surface area contributed by atoms with Gasteiger partial charge < -0.3 is 4.74 Å². The summed E-state index contributed by atoms with van der Waals surface area (Å²) in [7, 11) is -4.06. The van der Waals surface area contributed by atoms with Gasteiger partial charge in [0.1, 0.15) is 11.7 Å². The Kier molecular flexibility index (Phi) is 3.14. The first-order valence-electron chi connectivity index (χ1n) is 6.42. The summed E-state index contributed by atoms with van der Waals surface area (Å²) in [6, 6.07) is 0. The van der Waals surface area contributed by atoms with E-state index in [1.807, 2.05) is 0 Å². The topological polar surface area (TPSA) is 72.9 Å². The molecule has 1 amide bonds. The van der Waals surface area contributed by atoms with Crippen molar-refractivity contribution in [3.8, 4) is 0 Å².